The fourth-order valence-electron chi connectivity index (χ4n) is 3.12. The number of hydrogen-bond acceptors (Lipinski definition) is 4. The molecule has 0 radical (unpaired) electrons. The van der Waals surface area contributed by atoms with Gasteiger partial charge in [0, 0.05) is 44.5 Å². The van der Waals surface area contributed by atoms with E-state index in [9.17, 15) is 4.79 Å². The van der Waals surface area contributed by atoms with Crippen LogP contribution >= 0.6 is 0 Å². The molecule has 3 heterocycles. The van der Waals surface area contributed by atoms with Crippen molar-refractivity contribution < 1.29 is 9.53 Å². The summed E-state index contributed by atoms with van der Waals surface area (Å²) >= 11 is 0. The first-order valence-corrected chi connectivity index (χ1v) is 7.33. The summed E-state index contributed by atoms with van der Waals surface area (Å²) in [4.78, 5) is 14.4. The number of morpholine rings is 1. The number of aromatic nitrogens is 2. The van der Waals surface area contributed by atoms with E-state index in [0.29, 0.717) is 19.1 Å². The smallest absolute Gasteiger partial charge is 0.242 e. The summed E-state index contributed by atoms with van der Waals surface area (Å²) in [5.74, 6) is 0.704. The Hall–Kier alpha value is -1.40. The van der Waals surface area contributed by atoms with Crippen LogP contribution in [0.3, 0.4) is 0 Å². The average molecular weight is 278 g/mol. The van der Waals surface area contributed by atoms with Gasteiger partial charge in [-0.05, 0) is 18.9 Å². The van der Waals surface area contributed by atoms with Crippen LogP contribution in [0, 0.1) is 0 Å². The van der Waals surface area contributed by atoms with Crippen LogP contribution in [-0.4, -0.2) is 59.5 Å². The second kappa shape index (κ2) is 5.93. The van der Waals surface area contributed by atoms with E-state index in [1.807, 2.05) is 22.8 Å². The fourth-order valence-corrected chi connectivity index (χ4v) is 3.12. The van der Waals surface area contributed by atoms with Gasteiger partial charge in [0.25, 0.3) is 0 Å². The minimum atomic E-state index is -0.156. The molecule has 1 aromatic rings. The van der Waals surface area contributed by atoms with Crippen LogP contribution in [0.25, 0.3) is 0 Å². The molecule has 0 aliphatic carbocycles. The molecule has 6 heteroatoms. The largest absolute Gasteiger partial charge is 0.378 e. The molecule has 0 unspecified atom stereocenters. The minimum absolute atomic E-state index is 0.156. The molecular formula is C14H22N4O2. The van der Waals surface area contributed by atoms with Crippen molar-refractivity contribution in [2.75, 3.05) is 32.8 Å². The SMILES string of the molecule is Cn1nccc1C1CCN(C(=O)[C@H]2COCCN2)CC1. The van der Waals surface area contributed by atoms with Crippen LogP contribution < -0.4 is 5.32 Å². The predicted molar refractivity (Wildman–Crippen MR) is 74.4 cm³/mol. The molecule has 20 heavy (non-hydrogen) atoms. The number of aryl methyl sites for hydroxylation is 1. The quantitative estimate of drug-likeness (QED) is 0.834. The number of carbonyl (C=O) groups excluding carboxylic acids is 1. The predicted octanol–water partition coefficient (Wildman–Crippen LogP) is 0.115. The molecule has 2 fully saturated rings. The van der Waals surface area contributed by atoms with E-state index >= 15 is 0 Å². The zero-order valence-electron chi connectivity index (χ0n) is 11.9. The third-order valence-corrected chi connectivity index (χ3v) is 4.30. The van der Waals surface area contributed by atoms with Crippen LogP contribution in [0.2, 0.25) is 0 Å². The number of nitrogens with one attached hydrogen (secondary N) is 1. The summed E-state index contributed by atoms with van der Waals surface area (Å²) in [6, 6.07) is 1.93. The van der Waals surface area contributed by atoms with Crippen LogP contribution in [0.1, 0.15) is 24.5 Å². The monoisotopic (exact) mass is 278 g/mol. The Morgan fingerprint density at radius 3 is 2.85 bits per heavy atom. The number of carbonyl (C=O) groups is 1. The zero-order valence-corrected chi connectivity index (χ0v) is 11.9. The summed E-state index contributed by atoms with van der Waals surface area (Å²) in [5.41, 5.74) is 1.27. The Bertz CT molecular complexity index is 459. The molecule has 3 rings (SSSR count). The van der Waals surface area contributed by atoms with E-state index in [1.165, 1.54) is 5.69 Å². The second-order valence-electron chi connectivity index (χ2n) is 5.56. The van der Waals surface area contributed by atoms with Gasteiger partial charge in [-0.15, -0.1) is 0 Å². The van der Waals surface area contributed by atoms with Gasteiger partial charge in [-0.1, -0.05) is 0 Å². The van der Waals surface area contributed by atoms with Crippen LogP contribution in [0.15, 0.2) is 12.3 Å². The Morgan fingerprint density at radius 2 is 2.25 bits per heavy atom. The molecule has 1 N–H and O–H groups in total. The molecule has 1 aromatic heterocycles. The van der Waals surface area contributed by atoms with Crippen molar-refractivity contribution in [3.05, 3.63) is 18.0 Å². The molecule has 6 nitrogen and oxygen atoms in total. The van der Waals surface area contributed by atoms with Crippen molar-refractivity contribution in [2.45, 2.75) is 24.8 Å². The number of hydrogen-bond donors (Lipinski definition) is 1. The lowest BCUT2D eigenvalue weighted by atomic mass is 9.93. The normalized spacial score (nSPS) is 24.9. The van der Waals surface area contributed by atoms with Gasteiger partial charge < -0.3 is 15.0 Å². The van der Waals surface area contributed by atoms with E-state index in [-0.39, 0.29) is 11.9 Å². The van der Waals surface area contributed by atoms with Gasteiger partial charge >= 0.3 is 0 Å². The first-order chi connectivity index (χ1) is 9.75. The third-order valence-electron chi connectivity index (χ3n) is 4.30. The third kappa shape index (κ3) is 2.71. The van der Waals surface area contributed by atoms with Crippen molar-refractivity contribution in [1.82, 2.24) is 20.0 Å². The summed E-state index contributed by atoms with van der Waals surface area (Å²) < 4.78 is 7.31. The van der Waals surface area contributed by atoms with E-state index in [0.717, 1.165) is 32.5 Å². The van der Waals surface area contributed by atoms with Crippen LogP contribution in [0.5, 0.6) is 0 Å². The van der Waals surface area contributed by atoms with Crippen molar-refractivity contribution in [2.24, 2.45) is 7.05 Å². The van der Waals surface area contributed by atoms with Crippen molar-refractivity contribution in [3.63, 3.8) is 0 Å². The van der Waals surface area contributed by atoms with Gasteiger partial charge in [-0.25, -0.2) is 0 Å². The number of likely N-dealkylation sites (tertiary alicyclic amines) is 1. The van der Waals surface area contributed by atoms with E-state index in [4.69, 9.17) is 4.74 Å². The molecule has 0 bridgehead atoms. The number of rotatable bonds is 2. The zero-order chi connectivity index (χ0) is 13.9. The van der Waals surface area contributed by atoms with E-state index < -0.39 is 0 Å². The number of piperidine rings is 1. The topological polar surface area (TPSA) is 59.4 Å². The maximum absolute atomic E-state index is 12.4. The van der Waals surface area contributed by atoms with Gasteiger partial charge in [-0.3, -0.25) is 9.48 Å². The first-order valence-electron chi connectivity index (χ1n) is 7.33. The summed E-state index contributed by atoms with van der Waals surface area (Å²) in [6.07, 6.45) is 3.87. The highest BCUT2D eigenvalue weighted by atomic mass is 16.5. The Morgan fingerprint density at radius 1 is 1.45 bits per heavy atom. The lowest BCUT2D eigenvalue weighted by molar-refractivity contribution is -0.137. The van der Waals surface area contributed by atoms with Crippen LogP contribution in [-0.2, 0) is 16.6 Å². The summed E-state index contributed by atoms with van der Waals surface area (Å²) in [6.45, 7) is 3.62. The number of ether oxygens (including phenoxy) is 1. The molecule has 1 amide bonds. The highest BCUT2D eigenvalue weighted by Crippen LogP contribution is 2.27. The Kier molecular flexibility index (Phi) is 4.03. The van der Waals surface area contributed by atoms with Crippen molar-refractivity contribution >= 4 is 5.91 Å². The lowest BCUT2D eigenvalue weighted by Gasteiger charge is -2.35. The molecular weight excluding hydrogens is 256 g/mol. The van der Waals surface area contributed by atoms with Crippen molar-refractivity contribution in [3.8, 4) is 0 Å². The maximum Gasteiger partial charge on any atom is 0.242 e. The number of amides is 1. The maximum atomic E-state index is 12.4. The van der Waals surface area contributed by atoms with Gasteiger partial charge in [0.1, 0.15) is 6.04 Å². The van der Waals surface area contributed by atoms with Gasteiger partial charge in [0.15, 0.2) is 0 Å². The highest BCUT2D eigenvalue weighted by Gasteiger charge is 2.30. The summed E-state index contributed by atoms with van der Waals surface area (Å²) in [5, 5.41) is 7.46. The Labute approximate surface area is 119 Å². The molecule has 2 aliphatic heterocycles. The molecule has 0 spiro atoms. The molecule has 1 atom stereocenters. The molecule has 110 valence electrons. The Balaban J connectivity index is 1.55. The standard InChI is InChI=1S/C14H22N4O2/c1-17-13(2-5-16-17)11-3-7-18(8-4-11)14(19)12-10-20-9-6-15-12/h2,5,11-12,15H,3-4,6-10H2,1H3/t12-/m1/s1. The van der Waals surface area contributed by atoms with E-state index in [2.05, 4.69) is 16.5 Å². The minimum Gasteiger partial charge on any atom is -0.378 e. The lowest BCUT2D eigenvalue weighted by Crippen LogP contribution is -2.54. The highest BCUT2D eigenvalue weighted by molar-refractivity contribution is 5.82. The molecule has 2 aliphatic rings. The van der Waals surface area contributed by atoms with Gasteiger partial charge in [0.2, 0.25) is 5.91 Å². The molecule has 0 saturated carbocycles. The average Bonchev–Trinajstić information content (AvgIpc) is 2.94. The summed E-state index contributed by atoms with van der Waals surface area (Å²) in [7, 11) is 1.98. The van der Waals surface area contributed by atoms with E-state index in [1.54, 1.807) is 0 Å². The first kappa shape index (κ1) is 13.6. The number of nitrogens with zero attached hydrogens (tertiary/aromatic N) is 3. The van der Waals surface area contributed by atoms with Gasteiger partial charge in [-0.2, -0.15) is 5.10 Å². The fraction of sp³-hybridized carbons (Fsp3) is 0.714. The molecule has 2 saturated heterocycles. The molecule has 0 aromatic carbocycles. The van der Waals surface area contributed by atoms with Crippen LogP contribution in [0.4, 0.5) is 0 Å². The second-order valence-corrected chi connectivity index (χ2v) is 5.56. The van der Waals surface area contributed by atoms with Gasteiger partial charge in [0.05, 0.1) is 13.2 Å². The van der Waals surface area contributed by atoms with Crippen molar-refractivity contribution in [1.29, 1.82) is 0 Å².